The molecule has 0 saturated carbocycles. The predicted octanol–water partition coefficient (Wildman–Crippen LogP) is 4.47. The van der Waals surface area contributed by atoms with Crippen molar-refractivity contribution in [3.8, 4) is 11.3 Å². The standard InChI is InChI=1S/C22H26N6O/c1-5-25-22(29)28-19-7-6-17(10-15(19)3)20-12-24-13-21(27-20)26-16(4)18-11-23-9-8-14(18)2/h6-13,16H,5H2,1-4H3,(H,26,27)(H2,25,28,29). The number of nitrogens with zero attached hydrogens (tertiary/aromatic N) is 3. The average molecular weight is 390 g/mol. The molecule has 0 bridgehead atoms. The van der Waals surface area contributed by atoms with Crippen LogP contribution in [0.2, 0.25) is 0 Å². The van der Waals surface area contributed by atoms with E-state index < -0.39 is 0 Å². The maximum absolute atomic E-state index is 11.8. The molecule has 7 nitrogen and oxygen atoms in total. The summed E-state index contributed by atoms with van der Waals surface area (Å²) in [5.74, 6) is 0.695. The summed E-state index contributed by atoms with van der Waals surface area (Å²) in [6.45, 7) is 8.55. The summed E-state index contributed by atoms with van der Waals surface area (Å²) in [6, 6.07) is 7.63. The van der Waals surface area contributed by atoms with Crippen molar-refractivity contribution < 1.29 is 4.79 Å². The molecule has 1 atom stereocenters. The molecule has 1 unspecified atom stereocenters. The minimum absolute atomic E-state index is 0.0543. The van der Waals surface area contributed by atoms with Gasteiger partial charge in [0.05, 0.1) is 24.1 Å². The smallest absolute Gasteiger partial charge is 0.319 e. The maximum atomic E-state index is 11.8. The van der Waals surface area contributed by atoms with Crippen LogP contribution in [-0.2, 0) is 0 Å². The minimum Gasteiger partial charge on any atom is -0.362 e. The number of rotatable bonds is 6. The van der Waals surface area contributed by atoms with Gasteiger partial charge in [-0.2, -0.15) is 0 Å². The second kappa shape index (κ2) is 9.14. The Labute approximate surface area is 171 Å². The van der Waals surface area contributed by atoms with Crippen LogP contribution in [0.4, 0.5) is 16.3 Å². The molecule has 2 heterocycles. The van der Waals surface area contributed by atoms with Gasteiger partial charge in [0.2, 0.25) is 0 Å². The highest BCUT2D eigenvalue weighted by Gasteiger charge is 2.11. The molecule has 150 valence electrons. The number of aromatic nitrogens is 3. The predicted molar refractivity (Wildman–Crippen MR) is 116 cm³/mol. The number of carbonyl (C=O) groups excluding carboxylic acids is 1. The molecule has 2 amide bonds. The van der Waals surface area contributed by atoms with E-state index in [1.54, 1.807) is 18.6 Å². The maximum Gasteiger partial charge on any atom is 0.319 e. The Morgan fingerprint density at radius 2 is 1.90 bits per heavy atom. The normalized spacial score (nSPS) is 11.6. The van der Waals surface area contributed by atoms with Gasteiger partial charge in [-0.1, -0.05) is 6.07 Å². The van der Waals surface area contributed by atoms with Gasteiger partial charge in [0, 0.05) is 30.2 Å². The Bertz CT molecular complexity index is 1000. The van der Waals surface area contributed by atoms with Crippen LogP contribution < -0.4 is 16.0 Å². The molecule has 3 aromatic rings. The molecular formula is C22H26N6O. The van der Waals surface area contributed by atoms with Crippen LogP contribution in [0.3, 0.4) is 0 Å². The van der Waals surface area contributed by atoms with E-state index in [1.807, 2.05) is 44.3 Å². The number of aryl methyl sites for hydroxylation is 2. The van der Waals surface area contributed by atoms with Crippen molar-refractivity contribution in [2.75, 3.05) is 17.2 Å². The van der Waals surface area contributed by atoms with E-state index in [2.05, 4.69) is 39.8 Å². The number of carbonyl (C=O) groups is 1. The lowest BCUT2D eigenvalue weighted by Crippen LogP contribution is -2.28. The van der Waals surface area contributed by atoms with Crippen molar-refractivity contribution in [1.29, 1.82) is 0 Å². The van der Waals surface area contributed by atoms with Crippen molar-refractivity contribution in [3.63, 3.8) is 0 Å². The second-order valence-corrected chi connectivity index (χ2v) is 6.90. The third kappa shape index (κ3) is 5.07. The van der Waals surface area contributed by atoms with E-state index in [-0.39, 0.29) is 12.1 Å². The summed E-state index contributed by atoms with van der Waals surface area (Å²) >= 11 is 0. The van der Waals surface area contributed by atoms with Gasteiger partial charge in [0.1, 0.15) is 5.82 Å². The fourth-order valence-corrected chi connectivity index (χ4v) is 3.09. The number of benzene rings is 1. The Balaban J connectivity index is 1.78. The van der Waals surface area contributed by atoms with Gasteiger partial charge >= 0.3 is 6.03 Å². The zero-order chi connectivity index (χ0) is 20.8. The third-order valence-corrected chi connectivity index (χ3v) is 4.65. The molecule has 29 heavy (non-hydrogen) atoms. The van der Waals surface area contributed by atoms with E-state index in [0.29, 0.717) is 12.4 Å². The first-order valence-electron chi connectivity index (χ1n) is 9.63. The molecule has 1 aromatic carbocycles. The van der Waals surface area contributed by atoms with Crippen molar-refractivity contribution in [3.05, 3.63) is 65.7 Å². The van der Waals surface area contributed by atoms with Gasteiger partial charge in [-0.15, -0.1) is 0 Å². The summed E-state index contributed by atoms with van der Waals surface area (Å²) < 4.78 is 0. The fourth-order valence-electron chi connectivity index (χ4n) is 3.09. The van der Waals surface area contributed by atoms with Crippen LogP contribution in [0.5, 0.6) is 0 Å². The summed E-state index contributed by atoms with van der Waals surface area (Å²) in [4.78, 5) is 25.0. The lowest BCUT2D eigenvalue weighted by Gasteiger charge is -2.17. The van der Waals surface area contributed by atoms with E-state index in [4.69, 9.17) is 4.98 Å². The topological polar surface area (TPSA) is 91.8 Å². The minimum atomic E-state index is -0.214. The van der Waals surface area contributed by atoms with Gasteiger partial charge in [-0.05, 0) is 62.6 Å². The van der Waals surface area contributed by atoms with E-state index >= 15 is 0 Å². The molecule has 0 aliphatic carbocycles. The number of hydrogen-bond acceptors (Lipinski definition) is 5. The highest BCUT2D eigenvalue weighted by molar-refractivity contribution is 5.90. The van der Waals surface area contributed by atoms with Crippen LogP contribution in [0.15, 0.2) is 49.1 Å². The largest absolute Gasteiger partial charge is 0.362 e. The van der Waals surface area contributed by atoms with Gasteiger partial charge in [-0.3, -0.25) is 9.97 Å². The quantitative estimate of drug-likeness (QED) is 0.577. The molecule has 0 aliphatic heterocycles. The van der Waals surface area contributed by atoms with Gasteiger partial charge in [0.25, 0.3) is 0 Å². The Kier molecular flexibility index (Phi) is 6.39. The van der Waals surface area contributed by atoms with Crippen LogP contribution in [0, 0.1) is 13.8 Å². The number of nitrogens with one attached hydrogen (secondary N) is 3. The van der Waals surface area contributed by atoms with Crippen molar-refractivity contribution in [1.82, 2.24) is 20.3 Å². The highest BCUT2D eigenvalue weighted by atomic mass is 16.2. The summed E-state index contributed by atoms with van der Waals surface area (Å²) in [5, 5.41) is 8.97. The van der Waals surface area contributed by atoms with Gasteiger partial charge < -0.3 is 16.0 Å². The first kappa shape index (κ1) is 20.3. The van der Waals surface area contributed by atoms with Crippen LogP contribution in [0.25, 0.3) is 11.3 Å². The van der Waals surface area contributed by atoms with Crippen LogP contribution >= 0.6 is 0 Å². The summed E-state index contributed by atoms with van der Waals surface area (Å²) in [5.41, 5.74) is 5.71. The van der Waals surface area contributed by atoms with Crippen molar-refractivity contribution >= 4 is 17.5 Å². The van der Waals surface area contributed by atoms with Gasteiger partial charge in [-0.25, -0.2) is 9.78 Å². The fraction of sp³-hybridized carbons (Fsp3) is 0.273. The number of hydrogen-bond donors (Lipinski definition) is 3. The Morgan fingerprint density at radius 3 is 2.62 bits per heavy atom. The molecule has 7 heteroatoms. The monoisotopic (exact) mass is 390 g/mol. The number of amides is 2. The second-order valence-electron chi connectivity index (χ2n) is 6.90. The lowest BCUT2D eigenvalue weighted by molar-refractivity contribution is 0.252. The lowest BCUT2D eigenvalue weighted by atomic mass is 10.1. The number of anilines is 2. The molecule has 3 rings (SSSR count). The molecule has 0 aliphatic rings. The van der Waals surface area contributed by atoms with Crippen molar-refractivity contribution in [2.24, 2.45) is 0 Å². The molecule has 0 spiro atoms. The first-order valence-corrected chi connectivity index (χ1v) is 9.63. The van der Waals surface area contributed by atoms with E-state index in [1.165, 1.54) is 5.56 Å². The highest BCUT2D eigenvalue weighted by Crippen LogP contribution is 2.25. The van der Waals surface area contributed by atoms with Crippen LogP contribution in [-0.4, -0.2) is 27.5 Å². The summed E-state index contributed by atoms with van der Waals surface area (Å²) in [7, 11) is 0. The zero-order valence-corrected chi connectivity index (χ0v) is 17.2. The Morgan fingerprint density at radius 1 is 1.07 bits per heavy atom. The third-order valence-electron chi connectivity index (χ3n) is 4.65. The number of urea groups is 1. The molecular weight excluding hydrogens is 364 g/mol. The zero-order valence-electron chi connectivity index (χ0n) is 17.2. The molecule has 0 radical (unpaired) electrons. The average Bonchev–Trinajstić information content (AvgIpc) is 2.70. The molecule has 3 N–H and O–H groups in total. The van der Waals surface area contributed by atoms with E-state index in [9.17, 15) is 4.79 Å². The number of pyridine rings is 1. The SMILES string of the molecule is CCNC(=O)Nc1ccc(-c2cncc(NC(C)c3cnccc3C)n2)cc1C. The molecule has 0 fully saturated rings. The molecule has 0 saturated heterocycles. The Hall–Kier alpha value is -3.48. The van der Waals surface area contributed by atoms with Crippen molar-refractivity contribution in [2.45, 2.75) is 33.7 Å². The molecule has 2 aromatic heterocycles. The first-order chi connectivity index (χ1) is 14.0. The van der Waals surface area contributed by atoms with Crippen LogP contribution in [0.1, 0.15) is 36.6 Å². The van der Waals surface area contributed by atoms with Gasteiger partial charge in [0.15, 0.2) is 0 Å². The van der Waals surface area contributed by atoms with E-state index in [0.717, 1.165) is 28.1 Å². The summed E-state index contributed by atoms with van der Waals surface area (Å²) in [6.07, 6.45) is 7.10.